The molecule has 3 heterocycles. The van der Waals surface area contributed by atoms with Crippen molar-refractivity contribution in [3.05, 3.63) is 59.4 Å². The van der Waals surface area contributed by atoms with Gasteiger partial charge in [-0.25, -0.2) is 4.68 Å². The fraction of sp³-hybridized carbons (Fsp3) is 0.348. The molecule has 0 radical (unpaired) electrons. The monoisotopic (exact) mass is 401 g/mol. The first-order valence-electron chi connectivity index (χ1n) is 10.3. The first-order valence-corrected chi connectivity index (χ1v) is 10.3. The zero-order valence-electron chi connectivity index (χ0n) is 16.8. The van der Waals surface area contributed by atoms with Crippen LogP contribution in [0.2, 0.25) is 0 Å². The van der Waals surface area contributed by atoms with E-state index >= 15 is 0 Å². The minimum Gasteiger partial charge on any atom is -0.439 e. The van der Waals surface area contributed by atoms with Gasteiger partial charge >= 0.3 is 0 Å². The van der Waals surface area contributed by atoms with E-state index in [4.69, 9.17) is 9.47 Å². The Bertz CT molecular complexity index is 1090. The summed E-state index contributed by atoms with van der Waals surface area (Å²) in [5.41, 5.74) is 4.26. The summed E-state index contributed by atoms with van der Waals surface area (Å²) in [5, 5.41) is 17.3. The summed E-state index contributed by atoms with van der Waals surface area (Å²) >= 11 is 0. The smallest absolute Gasteiger partial charge is 0.217 e. The third-order valence-electron chi connectivity index (χ3n) is 5.54. The second-order valence-electron chi connectivity index (χ2n) is 7.77. The van der Waals surface area contributed by atoms with Gasteiger partial charge in [-0.05, 0) is 37.1 Å². The molecule has 3 aromatic rings. The molecule has 5 rings (SSSR count). The Balaban J connectivity index is 1.45. The first kappa shape index (κ1) is 18.8. The second kappa shape index (κ2) is 7.90. The molecule has 1 saturated carbocycles. The lowest BCUT2D eigenvalue weighted by Gasteiger charge is -2.23. The van der Waals surface area contributed by atoms with E-state index in [-0.39, 0.29) is 6.10 Å². The van der Waals surface area contributed by atoms with Gasteiger partial charge < -0.3 is 14.8 Å². The molecule has 2 fully saturated rings. The summed E-state index contributed by atoms with van der Waals surface area (Å²) in [6.45, 7) is 2.37. The van der Waals surface area contributed by atoms with Crippen LogP contribution in [0.5, 0.6) is 11.6 Å². The third-order valence-corrected chi connectivity index (χ3v) is 5.54. The molecule has 2 aliphatic rings. The van der Waals surface area contributed by atoms with Gasteiger partial charge in [0, 0.05) is 49.4 Å². The first-order chi connectivity index (χ1) is 14.7. The van der Waals surface area contributed by atoms with E-state index in [0.717, 1.165) is 35.6 Å². The number of hydrogen-bond donors (Lipinski definition) is 1. The zero-order chi connectivity index (χ0) is 20.5. The van der Waals surface area contributed by atoms with Crippen LogP contribution in [-0.4, -0.2) is 34.5 Å². The Morgan fingerprint density at radius 2 is 2.13 bits per heavy atom. The summed E-state index contributed by atoms with van der Waals surface area (Å²) in [5.74, 6) is 1.80. The number of aryl methyl sites for hydroxylation is 1. The van der Waals surface area contributed by atoms with Crippen molar-refractivity contribution in [2.75, 3.05) is 19.7 Å². The number of ether oxygens (including phenoxy) is 2. The van der Waals surface area contributed by atoms with Crippen LogP contribution in [0.15, 0.2) is 42.6 Å². The minimum atomic E-state index is 0.0206. The predicted octanol–water partition coefficient (Wildman–Crippen LogP) is 3.68. The topological polar surface area (TPSA) is 85.0 Å². The highest BCUT2D eigenvalue weighted by atomic mass is 16.5. The second-order valence-corrected chi connectivity index (χ2v) is 7.77. The zero-order valence-corrected chi connectivity index (χ0v) is 16.8. The molecule has 0 bridgehead atoms. The molecule has 2 aromatic heterocycles. The highest BCUT2D eigenvalue weighted by Gasteiger charge is 2.27. The molecule has 30 heavy (non-hydrogen) atoms. The molecule has 7 heteroatoms. The Labute approximate surface area is 175 Å². The van der Waals surface area contributed by atoms with E-state index in [1.54, 1.807) is 16.8 Å². The van der Waals surface area contributed by atoms with Gasteiger partial charge in [-0.3, -0.25) is 4.98 Å². The lowest BCUT2D eigenvalue weighted by atomic mass is 10.1. The van der Waals surface area contributed by atoms with Crippen molar-refractivity contribution in [3.63, 3.8) is 0 Å². The minimum absolute atomic E-state index is 0.0206. The number of morpholine rings is 1. The van der Waals surface area contributed by atoms with E-state index in [9.17, 15) is 5.26 Å². The average molecular weight is 401 g/mol. The normalized spacial score (nSPS) is 18.7. The Morgan fingerprint density at radius 1 is 1.23 bits per heavy atom. The van der Waals surface area contributed by atoms with Crippen molar-refractivity contribution < 1.29 is 9.47 Å². The van der Waals surface area contributed by atoms with E-state index < -0.39 is 0 Å². The quantitative estimate of drug-likeness (QED) is 0.702. The predicted molar refractivity (Wildman–Crippen MR) is 111 cm³/mol. The molecule has 1 aliphatic heterocycles. The molecule has 1 unspecified atom stereocenters. The van der Waals surface area contributed by atoms with Gasteiger partial charge in [-0.15, -0.1) is 0 Å². The lowest BCUT2D eigenvalue weighted by molar-refractivity contribution is 0.0275. The Morgan fingerprint density at radius 3 is 2.83 bits per heavy atom. The number of nitrogens with one attached hydrogen (secondary N) is 1. The highest BCUT2D eigenvalue weighted by molar-refractivity contribution is 5.69. The van der Waals surface area contributed by atoms with Gasteiger partial charge in [0.25, 0.3) is 0 Å². The van der Waals surface area contributed by atoms with Gasteiger partial charge in [-0.2, -0.15) is 10.4 Å². The van der Waals surface area contributed by atoms with Crippen LogP contribution in [-0.2, 0) is 11.8 Å². The number of hydrogen-bond acceptors (Lipinski definition) is 6. The molecular formula is C23H23N5O2. The highest BCUT2D eigenvalue weighted by Crippen LogP contribution is 2.41. The van der Waals surface area contributed by atoms with Gasteiger partial charge in [0.15, 0.2) is 0 Å². The summed E-state index contributed by atoms with van der Waals surface area (Å²) in [4.78, 5) is 4.65. The van der Waals surface area contributed by atoms with Crippen LogP contribution in [0.1, 0.15) is 41.7 Å². The number of nitriles is 1. The molecule has 1 saturated heterocycles. The van der Waals surface area contributed by atoms with E-state index in [2.05, 4.69) is 21.5 Å². The molecule has 1 aliphatic carbocycles. The maximum atomic E-state index is 9.35. The maximum Gasteiger partial charge on any atom is 0.217 e. The molecule has 0 spiro atoms. The summed E-state index contributed by atoms with van der Waals surface area (Å²) in [6, 6.07) is 13.6. The molecule has 1 N–H and O–H groups in total. The van der Waals surface area contributed by atoms with Gasteiger partial charge in [0.1, 0.15) is 5.75 Å². The molecule has 1 atom stereocenters. The molecule has 0 amide bonds. The maximum absolute atomic E-state index is 9.35. The summed E-state index contributed by atoms with van der Waals surface area (Å²) < 4.78 is 13.8. The number of rotatable bonds is 5. The van der Waals surface area contributed by atoms with Crippen LogP contribution in [0.25, 0.3) is 11.3 Å². The van der Waals surface area contributed by atoms with Crippen LogP contribution in [0.3, 0.4) is 0 Å². The lowest BCUT2D eigenvalue weighted by Crippen LogP contribution is -2.33. The van der Waals surface area contributed by atoms with Gasteiger partial charge in [0.05, 0.1) is 35.7 Å². The molecule has 152 valence electrons. The largest absolute Gasteiger partial charge is 0.439 e. The number of nitrogens with zero attached hydrogens (tertiary/aromatic N) is 4. The fourth-order valence-electron chi connectivity index (χ4n) is 3.68. The Kier molecular flexibility index (Phi) is 4.95. The molecule has 7 nitrogen and oxygen atoms in total. The van der Waals surface area contributed by atoms with Gasteiger partial charge in [0.2, 0.25) is 5.88 Å². The fourth-order valence-corrected chi connectivity index (χ4v) is 3.68. The van der Waals surface area contributed by atoms with Crippen molar-refractivity contribution in [1.82, 2.24) is 20.1 Å². The van der Waals surface area contributed by atoms with Crippen LogP contribution < -0.4 is 10.1 Å². The standard InChI is InChI=1S/C23H23N5O2/c1-28-23(11-20(27-28)16-3-4-16)30-21-10-15(12-24)2-6-18(21)19-7-5-17(13-26-19)22-14-25-8-9-29-22/h2,5-7,10-11,13,16,22,25H,3-4,8-9,14H2,1H3. The van der Waals surface area contributed by atoms with Crippen molar-refractivity contribution >= 4 is 0 Å². The van der Waals surface area contributed by atoms with Crippen LogP contribution in [0, 0.1) is 11.3 Å². The summed E-state index contributed by atoms with van der Waals surface area (Å²) in [6.07, 6.45) is 4.24. The van der Waals surface area contributed by atoms with E-state index in [0.29, 0.717) is 29.7 Å². The van der Waals surface area contributed by atoms with Crippen LogP contribution >= 0.6 is 0 Å². The number of benzene rings is 1. The van der Waals surface area contributed by atoms with Crippen molar-refractivity contribution in [2.24, 2.45) is 7.05 Å². The van der Waals surface area contributed by atoms with Crippen molar-refractivity contribution in [3.8, 4) is 29.0 Å². The van der Waals surface area contributed by atoms with Crippen LogP contribution in [0.4, 0.5) is 0 Å². The number of pyridine rings is 1. The van der Waals surface area contributed by atoms with E-state index in [1.165, 1.54) is 12.8 Å². The Hall–Kier alpha value is -3.21. The SMILES string of the molecule is Cn1nc(C2CC2)cc1Oc1cc(C#N)ccc1-c1ccc(C2CNCCO2)cn1. The van der Waals surface area contributed by atoms with Crippen molar-refractivity contribution in [1.29, 1.82) is 5.26 Å². The molecule has 1 aromatic carbocycles. The summed E-state index contributed by atoms with van der Waals surface area (Å²) in [7, 11) is 1.88. The number of aromatic nitrogens is 3. The van der Waals surface area contributed by atoms with E-state index in [1.807, 2.05) is 37.5 Å². The average Bonchev–Trinajstić information content (AvgIpc) is 3.58. The molecular weight excluding hydrogens is 378 g/mol. The van der Waals surface area contributed by atoms with Crippen molar-refractivity contribution in [2.45, 2.75) is 24.9 Å². The van der Waals surface area contributed by atoms with Gasteiger partial charge in [-0.1, -0.05) is 6.07 Å². The third kappa shape index (κ3) is 3.80.